The molecule has 6 heteroatoms. The summed E-state index contributed by atoms with van der Waals surface area (Å²) in [6, 6.07) is 6.25. The molecule has 0 bridgehead atoms. The molecule has 0 spiro atoms. The van der Waals surface area contributed by atoms with E-state index < -0.39 is 6.30 Å². The second-order valence-electron chi connectivity index (χ2n) is 2.14. The van der Waals surface area contributed by atoms with E-state index in [1.54, 1.807) is 12.1 Å². The number of hydrogen-bond acceptors (Lipinski definition) is 2. The lowest BCUT2D eigenvalue weighted by atomic mass is 10.3. The minimum Gasteiger partial charge on any atom is -0.148 e. The third-order valence-corrected chi connectivity index (χ3v) is 1.82. The average molecular weight is 300 g/mol. The molecule has 13 heavy (non-hydrogen) atoms. The number of rotatable bonds is 1. The fraction of sp³-hybridized carbons (Fsp3) is 0.143. The Morgan fingerprint density at radius 2 is 1.62 bits per heavy atom. The topological polar surface area (TPSA) is 24.7 Å². The van der Waals surface area contributed by atoms with Gasteiger partial charge in [-0.3, -0.25) is 0 Å². The zero-order valence-corrected chi connectivity index (χ0v) is 8.37. The second-order valence-corrected chi connectivity index (χ2v) is 3.39. The lowest BCUT2D eigenvalue weighted by molar-refractivity contribution is -0.125. The third-order valence-electron chi connectivity index (χ3n) is 1.11. The first-order valence-electron chi connectivity index (χ1n) is 3.22. The minimum absolute atomic E-state index is 0.192. The number of halogens is 4. The smallest absolute Gasteiger partial charge is 0.148 e. The molecule has 1 rings (SSSR count). The number of hydrogen-bond donors (Lipinski definition) is 0. The summed E-state index contributed by atoms with van der Waals surface area (Å²) >= 11 is 2.05. The Morgan fingerprint density at radius 3 is 2.08 bits per heavy atom. The quantitative estimate of drug-likeness (QED) is 0.427. The van der Waals surface area contributed by atoms with Crippen molar-refractivity contribution in [2.24, 2.45) is 10.2 Å². The molecule has 0 aromatic heterocycles. The normalized spacial score (nSPS) is 12.3. The Hall–Kier alpha value is -0.660. The van der Waals surface area contributed by atoms with Gasteiger partial charge >= 0.3 is 6.30 Å². The molecule has 1 aromatic rings. The Kier molecular flexibility index (Phi) is 3.23. The molecule has 0 radical (unpaired) electrons. The van der Waals surface area contributed by atoms with Crippen molar-refractivity contribution in [1.29, 1.82) is 0 Å². The van der Waals surface area contributed by atoms with E-state index >= 15 is 0 Å². The highest BCUT2D eigenvalue weighted by Gasteiger charge is 2.26. The summed E-state index contributed by atoms with van der Waals surface area (Å²) in [6.45, 7) is 0. The minimum atomic E-state index is -4.59. The third kappa shape index (κ3) is 4.20. The molecular formula is C7H4F3IN2. The van der Waals surface area contributed by atoms with Gasteiger partial charge in [-0.25, -0.2) is 0 Å². The van der Waals surface area contributed by atoms with Gasteiger partial charge in [-0.15, -0.1) is 18.3 Å². The largest absolute Gasteiger partial charge is 0.521 e. The van der Waals surface area contributed by atoms with Crippen molar-refractivity contribution < 1.29 is 13.2 Å². The molecule has 0 atom stereocenters. The summed E-state index contributed by atoms with van der Waals surface area (Å²) in [5, 5.41) is 5.19. The highest BCUT2D eigenvalue weighted by molar-refractivity contribution is 14.1. The Bertz CT molecular complexity index is 305. The summed E-state index contributed by atoms with van der Waals surface area (Å²) < 4.78 is 35.6. The Labute approximate surface area is 86.0 Å². The van der Waals surface area contributed by atoms with Crippen molar-refractivity contribution in [3.63, 3.8) is 0 Å². The average Bonchev–Trinajstić information content (AvgIpc) is 2.02. The molecule has 2 nitrogen and oxygen atoms in total. The fourth-order valence-corrected chi connectivity index (χ4v) is 0.982. The number of nitrogens with zero attached hydrogens (tertiary/aromatic N) is 2. The van der Waals surface area contributed by atoms with Crippen molar-refractivity contribution in [2.45, 2.75) is 6.30 Å². The summed E-state index contributed by atoms with van der Waals surface area (Å²) in [5.74, 6) is 0. The van der Waals surface area contributed by atoms with E-state index in [1.807, 2.05) is 22.6 Å². The predicted octanol–water partition coefficient (Wildman–Crippen LogP) is 3.89. The SMILES string of the molecule is FC(F)(F)N=Nc1ccc(I)cc1. The van der Waals surface area contributed by atoms with Crippen LogP contribution in [0.3, 0.4) is 0 Å². The maximum Gasteiger partial charge on any atom is 0.521 e. The van der Waals surface area contributed by atoms with Crippen LogP contribution in [0.15, 0.2) is 34.5 Å². The van der Waals surface area contributed by atoms with Gasteiger partial charge in [0, 0.05) is 3.57 Å². The molecule has 70 valence electrons. The maximum absolute atomic E-state index is 11.6. The van der Waals surface area contributed by atoms with Crippen LogP contribution >= 0.6 is 22.6 Å². The first-order chi connectivity index (χ1) is 5.97. The molecular weight excluding hydrogens is 296 g/mol. The maximum atomic E-state index is 11.6. The van der Waals surface area contributed by atoms with Crippen LogP contribution in [0.2, 0.25) is 0 Å². The van der Waals surface area contributed by atoms with E-state index in [2.05, 4.69) is 10.2 Å². The first kappa shape index (κ1) is 10.4. The van der Waals surface area contributed by atoms with Gasteiger partial charge in [0.15, 0.2) is 0 Å². The van der Waals surface area contributed by atoms with Crippen LogP contribution in [0.5, 0.6) is 0 Å². The zero-order valence-electron chi connectivity index (χ0n) is 6.22. The van der Waals surface area contributed by atoms with Gasteiger partial charge < -0.3 is 0 Å². The van der Waals surface area contributed by atoms with E-state index in [0.717, 1.165) is 3.57 Å². The fourth-order valence-electron chi connectivity index (χ4n) is 0.622. The lowest BCUT2D eigenvalue weighted by Gasteiger charge is -1.95. The van der Waals surface area contributed by atoms with E-state index in [-0.39, 0.29) is 5.69 Å². The van der Waals surface area contributed by atoms with E-state index in [4.69, 9.17) is 0 Å². The summed E-state index contributed by atoms with van der Waals surface area (Å²) in [5.41, 5.74) is 0.192. The molecule has 0 aliphatic carbocycles. The van der Waals surface area contributed by atoms with Gasteiger partial charge in [0.2, 0.25) is 0 Å². The molecule has 1 aromatic carbocycles. The number of benzene rings is 1. The summed E-state index contributed by atoms with van der Waals surface area (Å²) in [4.78, 5) is 0. The van der Waals surface area contributed by atoms with Crippen molar-refractivity contribution in [3.8, 4) is 0 Å². The van der Waals surface area contributed by atoms with Crippen LogP contribution in [0.25, 0.3) is 0 Å². The van der Waals surface area contributed by atoms with Gasteiger partial charge in [-0.05, 0) is 46.9 Å². The van der Waals surface area contributed by atoms with Gasteiger partial charge in [0.05, 0.1) is 5.69 Å². The lowest BCUT2D eigenvalue weighted by Crippen LogP contribution is -1.99. The number of azo groups is 1. The summed E-state index contributed by atoms with van der Waals surface area (Å²) in [6.07, 6.45) is -4.59. The van der Waals surface area contributed by atoms with Crippen LogP contribution < -0.4 is 0 Å². The Morgan fingerprint density at radius 1 is 1.08 bits per heavy atom. The van der Waals surface area contributed by atoms with E-state index in [9.17, 15) is 13.2 Å². The van der Waals surface area contributed by atoms with Crippen LogP contribution in [-0.2, 0) is 0 Å². The van der Waals surface area contributed by atoms with Gasteiger partial charge in [-0.2, -0.15) is 0 Å². The molecule has 0 saturated carbocycles. The van der Waals surface area contributed by atoms with E-state index in [1.165, 1.54) is 12.1 Å². The predicted molar refractivity (Wildman–Crippen MR) is 49.7 cm³/mol. The molecule has 0 aliphatic rings. The highest BCUT2D eigenvalue weighted by Crippen LogP contribution is 2.21. The number of alkyl halides is 3. The molecule has 0 saturated heterocycles. The molecule has 0 aliphatic heterocycles. The van der Waals surface area contributed by atoms with Crippen molar-refractivity contribution in [1.82, 2.24) is 0 Å². The van der Waals surface area contributed by atoms with Crippen molar-refractivity contribution in [3.05, 3.63) is 27.8 Å². The second kappa shape index (κ2) is 4.03. The molecule has 0 amide bonds. The van der Waals surface area contributed by atoms with Crippen LogP contribution in [0.4, 0.5) is 18.9 Å². The summed E-state index contributed by atoms with van der Waals surface area (Å²) in [7, 11) is 0. The van der Waals surface area contributed by atoms with Crippen molar-refractivity contribution in [2.75, 3.05) is 0 Å². The van der Waals surface area contributed by atoms with Crippen LogP contribution in [-0.4, -0.2) is 6.30 Å². The van der Waals surface area contributed by atoms with Crippen molar-refractivity contribution >= 4 is 28.3 Å². The zero-order chi connectivity index (χ0) is 9.90. The van der Waals surface area contributed by atoms with Crippen LogP contribution in [0, 0.1) is 3.57 Å². The highest BCUT2D eigenvalue weighted by atomic mass is 127. The molecule has 0 unspecified atom stereocenters. The van der Waals surface area contributed by atoms with Gasteiger partial charge in [0.25, 0.3) is 0 Å². The van der Waals surface area contributed by atoms with Crippen LogP contribution in [0.1, 0.15) is 0 Å². The van der Waals surface area contributed by atoms with Gasteiger partial charge in [0.1, 0.15) is 0 Å². The standard InChI is InChI=1S/C7H4F3IN2/c8-7(9,10)13-12-6-3-1-5(11)2-4-6/h1-4H. The first-order valence-corrected chi connectivity index (χ1v) is 4.30. The molecule has 0 fully saturated rings. The van der Waals surface area contributed by atoms with Gasteiger partial charge in [-0.1, -0.05) is 5.11 Å². The molecule has 0 heterocycles. The Balaban J connectivity index is 2.75. The monoisotopic (exact) mass is 300 g/mol. The van der Waals surface area contributed by atoms with E-state index in [0.29, 0.717) is 0 Å². The molecule has 0 N–H and O–H groups in total.